The Kier molecular flexibility index (Phi) is 10.5. The fraction of sp³-hybridized carbons (Fsp3) is 0.571. The van der Waals surface area contributed by atoms with Crippen molar-refractivity contribution in [2.75, 3.05) is 14.2 Å². The van der Waals surface area contributed by atoms with Crippen LogP contribution in [-0.2, 0) is 16.1 Å². The number of rotatable bonds is 12. The molecule has 202 valence electrons. The molecule has 0 unspecified atom stereocenters. The van der Waals surface area contributed by atoms with E-state index >= 15 is 0 Å². The van der Waals surface area contributed by atoms with Gasteiger partial charge in [0.15, 0.2) is 0 Å². The summed E-state index contributed by atoms with van der Waals surface area (Å²) in [6.45, 7) is 4.28. The van der Waals surface area contributed by atoms with Crippen molar-refractivity contribution < 1.29 is 23.6 Å². The Labute approximate surface area is 219 Å². The Morgan fingerprint density at radius 2 is 1.86 bits per heavy atom. The summed E-state index contributed by atoms with van der Waals surface area (Å²) < 4.78 is 10.4. The van der Waals surface area contributed by atoms with E-state index in [-0.39, 0.29) is 23.5 Å². The number of aromatic nitrogens is 1. The van der Waals surface area contributed by atoms with E-state index in [2.05, 4.69) is 15.8 Å². The van der Waals surface area contributed by atoms with Crippen molar-refractivity contribution in [3.63, 3.8) is 0 Å². The molecule has 3 atom stereocenters. The summed E-state index contributed by atoms with van der Waals surface area (Å²) in [6.07, 6.45) is 8.10. The molecule has 1 aliphatic carbocycles. The Hall–Kier alpha value is -3.36. The van der Waals surface area contributed by atoms with E-state index in [0.29, 0.717) is 31.1 Å². The minimum absolute atomic E-state index is 0.0486. The molecule has 37 heavy (non-hydrogen) atoms. The van der Waals surface area contributed by atoms with Gasteiger partial charge in [-0.15, -0.1) is 0 Å². The first-order valence-corrected chi connectivity index (χ1v) is 13.2. The average Bonchev–Trinajstić information content (AvgIpc) is 3.46. The average molecular weight is 513 g/mol. The zero-order chi connectivity index (χ0) is 26.8. The molecule has 9 heteroatoms. The van der Waals surface area contributed by atoms with Gasteiger partial charge in [0, 0.05) is 25.2 Å². The van der Waals surface area contributed by atoms with Crippen molar-refractivity contribution in [1.82, 2.24) is 20.7 Å². The zero-order valence-corrected chi connectivity index (χ0v) is 22.4. The van der Waals surface area contributed by atoms with Gasteiger partial charge in [0.05, 0.1) is 13.3 Å². The van der Waals surface area contributed by atoms with E-state index in [9.17, 15) is 14.4 Å². The van der Waals surface area contributed by atoms with Crippen LogP contribution in [0.15, 0.2) is 41.1 Å². The van der Waals surface area contributed by atoms with Crippen molar-refractivity contribution in [3.8, 4) is 5.75 Å². The van der Waals surface area contributed by atoms with Gasteiger partial charge in [-0.3, -0.25) is 14.4 Å². The van der Waals surface area contributed by atoms with Crippen LogP contribution in [0.25, 0.3) is 0 Å². The van der Waals surface area contributed by atoms with Crippen molar-refractivity contribution in [2.24, 2.45) is 11.8 Å². The second-order valence-corrected chi connectivity index (χ2v) is 10.0. The fourth-order valence-electron chi connectivity index (χ4n) is 4.89. The standard InChI is InChI=1S/C28H40N4O5/c1-5-19(2)25(28(35)32(3)18-21-13-9-10-14-23(21)36-4)31-26(33)22(17-20-11-7-6-8-12-20)30-27(34)24-15-16-29-37-24/h9-10,13-16,19-20,22,25H,5-8,11-12,17-18H2,1-4H3,(H,30,34)(H,31,33)/t19-,22-,25-/m0/s1. The minimum atomic E-state index is -0.778. The minimum Gasteiger partial charge on any atom is -0.496 e. The first kappa shape index (κ1) is 28.2. The largest absolute Gasteiger partial charge is 0.496 e. The number of methoxy groups -OCH3 is 1. The molecule has 3 amide bonds. The lowest BCUT2D eigenvalue weighted by molar-refractivity contribution is -0.137. The fourth-order valence-corrected chi connectivity index (χ4v) is 4.89. The summed E-state index contributed by atoms with van der Waals surface area (Å²) in [7, 11) is 3.32. The van der Waals surface area contributed by atoms with Gasteiger partial charge in [0.1, 0.15) is 17.8 Å². The molecule has 1 aliphatic rings. The Morgan fingerprint density at radius 1 is 1.14 bits per heavy atom. The Bertz CT molecular complexity index is 1020. The molecule has 9 nitrogen and oxygen atoms in total. The number of hydrogen-bond acceptors (Lipinski definition) is 6. The van der Waals surface area contributed by atoms with Crippen LogP contribution in [0.5, 0.6) is 5.75 Å². The number of para-hydroxylation sites is 1. The molecule has 0 saturated heterocycles. The summed E-state index contributed by atoms with van der Waals surface area (Å²) in [5, 5.41) is 9.39. The van der Waals surface area contributed by atoms with E-state index in [1.54, 1.807) is 19.1 Å². The quantitative estimate of drug-likeness (QED) is 0.445. The SMILES string of the molecule is CC[C@H](C)[C@H](NC(=O)[C@H](CC1CCCCC1)NC(=O)c1ccno1)C(=O)N(C)Cc1ccccc1OC. The van der Waals surface area contributed by atoms with Crippen LogP contribution in [0, 0.1) is 11.8 Å². The molecule has 2 aromatic rings. The lowest BCUT2D eigenvalue weighted by Crippen LogP contribution is -2.56. The maximum atomic E-state index is 13.6. The highest BCUT2D eigenvalue weighted by Gasteiger charge is 2.33. The summed E-state index contributed by atoms with van der Waals surface area (Å²) in [5.74, 6) is -0.0496. The molecule has 1 saturated carbocycles. The molecule has 0 radical (unpaired) electrons. The maximum absolute atomic E-state index is 13.6. The third-order valence-corrected chi connectivity index (χ3v) is 7.33. The first-order chi connectivity index (χ1) is 17.8. The summed E-state index contributed by atoms with van der Waals surface area (Å²) in [5.41, 5.74) is 0.879. The maximum Gasteiger partial charge on any atom is 0.290 e. The summed E-state index contributed by atoms with van der Waals surface area (Å²) >= 11 is 0. The van der Waals surface area contributed by atoms with E-state index in [4.69, 9.17) is 9.26 Å². The monoisotopic (exact) mass is 512 g/mol. The molecule has 0 aliphatic heterocycles. The van der Waals surface area contributed by atoms with Crippen molar-refractivity contribution in [1.29, 1.82) is 0 Å². The first-order valence-electron chi connectivity index (χ1n) is 13.2. The number of ether oxygens (including phenoxy) is 1. The van der Waals surface area contributed by atoms with Crippen LogP contribution in [0.2, 0.25) is 0 Å². The lowest BCUT2D eigenvalue weighted by Gasteiger charge is -2.31. The highest BCUT2D eigenvalue weighted by molar-refractivity contribution is 5.96. The van der Waals surface area contributed by atoms with E-state index in [1.807, 2.05) is 38.1 Å². The number of likely N-dealkylation sites (N-methyl/N-ethyl adjacent to an activating group) is 1. The Morgan fingerprint density at radius 3 is 2.51 bits per heavy atom. The van der Waals surface area contributed by atoms with Gasteiger partial charge in [0.2, 0.25) is 17.6 Å². The van der Waals surface area contributed by atoms with Crippen LogP contribution in [0.4, 0.5) is 0 Å². The summed E-state index contributed by atoms with van der Waals surface area (Å²) in [6, 6.07) is 7.51. The second kappa shape index (κ2) is 13.8. The molecule has 0 bridgehead atoms. The molecule has 1 aromatic heterocycles. The smallest absolute Gasteiger partial charge is 0.290 e. The highest BCUT2D eigenvalue weighted by atomic mass is 16.5. The molecular formula is C28H40N4O5. The van der Waals surface area contributed by atoms with Crippen molar-refractivity contribution >= 4 is 17.7 Å². The topological polar surface area (TPSA) is 114 Å². The van der Waals surface area contributed by atoms with Gasteiger partial charge in [-0.25, -0.2) is 0 Å². The number of carbonyl (C=O) groups excluding carboxylic acids is 3. The lowest BCUT2D eigenvalue weighted by atomic mass is 9.84. The van der Waals surface area contributed by atoms with Crippen LogP contribution < -0.4 is 15.4 Å². The molecular weight excluding hydrogens is 472 g/mol. The van der Waals surface area contributed by atoms with Gasteiger partial charge in [-0.1, -0.05) is 75.7 Å². The number of amides is 3. The molecule has 1 heterocycles. The summed E-state index contributed by atoms with van der Waals surface area (Å²) in [4.78, 5) is 41.5. The number of nitrogens with one attached hydrogen (secondary N) is 2. The van der Waals surface area contributed by atoms with Gasteiger partial charge in [-0.2, -0.15) is 0 Å². The van der Waals surface area contributed by atoms with E-state index < -0.39 is 18.0 Å². The van der Waals surface area contributed by atoms with Crippen LogP contribution >= 0.6 is 0 Å². The number of nitrogens with zero attached hydrogens (tertiary/aromatic N) is 2. The molecule has 2 N–H and O–H groups in total. The van der Waals surface area contributed by atoms with Gasteiger partial charge in [0.25, 0.3) is 5.91 Å². The number of benzene rings is 1. The van der Waals surface area contributed by atoms with Crippen LogP contribution in [-0.4, -0.2) is 54.0 Å². The normalized spacial score (nSPS) is 16.3. The molecule has 1 aromatic carbocycles. The van der Waals surface area contributed by atoms with Crippen LogP contribution in [0.1, 0.15) is 74.9 Å². The van der Waals surface area contributed by atoms with Gasteiger partial charge in [-0.05, 0) is 24.3 Å². The third kappa shape index (κ3) is 7.81. The van der Waals surface area contributed by atoms with Crippen molar-refractivity contribution in [2.45, 2.75) is 77.4 Å². The second-order valence-electron chi connectivity index (χ2n) is 10.0. The Balaban J connectivity index is 1.75. The predicted molar refractivity (Wildman–Crippen MR) is 140 cm³/mol. The predicted octanol–water partition coefficient (Wildman–Crippen LogP) is 3.94. The third-order valence-electron chi connectivity index (χ3n) is 7.33. The van der Waals surface area contributed by atoms with E-state index in [1.165, 1.54) is 18.7 Å². The molecule has 0 spiro atoms. The van der Waals surface area contributed by atoms with Crippen LogP contribution in [0.3, 0.4) is 0 Å². The number of hydrogen-bond donors (Lipinski definition) is 2. The number of carbonyl (C=O) groups is 3. The highest BCUT2D eigenvalue weighted by Crippen LogP contribution is 2.28. The molecule has 3 rings (SSSR count). The zero-order valence-electron chi connectivity index (χ0n) is 22.4. The molecule has 1 fully saturated rings. The van der Waals surface area contributed by atoms with Gasteiger partial charge >= 0.3 is 0 Å². The van der Waals surface area contributed by atoms with Crippen molar-refractivity contribution in [3.05, 3.63) is 47.9 Å². The van der Waals surface area contributed by atoms with E-state index in [0.717, 1.165) is 31.2 Å². The van der Waals surface area contributed by atoms with Gasteiger partial charge < -0.3 is 24.8 Å².